The maximum atomic E-state index is 5.76. The van der Waals surface area contributed by atoms with Crippen LogP contribution in [-0.4, -0.2) is 38.3 Å². The third-order valence-corrected chi connectivity index (χ3v) is 4.39. The number of guanidine groups is 1. The fraction of sp³-hybridized carbons (Fsp3) is 0.929. The van der Waals surface area contributed by atoms with Crippen LogP contribution in [0, 0.1) is 11.3 Å². The van der Waals surface area contributed by atoms with E-state index in [4.69, 9.17) is 4.74 Å². The predicted octanol–water partition coefficient (Wildman–Crippen LogP) is 2.38. The third-order valence-electron chi connectivity index (χ3n) is 4.39. The first-order valence-electron chi connectivity index (χ1n) is 7.04. The Labute approximate surface area is 134 Å². The van der Waals surface area contributed by atoms with E-state index in [0.717, 1.165) is 38.0 Å². The molecule has 1 saturated carbocycles. The molecule has 1 saturated heterocycles. The van der Waals surface area contributed by atoms with Crippen molar-refractivity contribution in [1.29, 1.82) is 0 Å². The Hall–Kier alpha value is -0.0400. The van der Waals surface area contributed by atoms with E-state index in [2.05, 4.69) is 36.4 Å². The highest BCUT2D eigenvalue weighted by atomic mass is 127. The summed E-state index contributed by atoms with van der Waals surface area (Å²) < 4.78 is 5.76. The van der Waals surface area contributed by atoms with Gasteiger partial charge < -0.3 is 15.4 Å². The second kappa shape index (κ2) is 6.61. The van der Waals surface area contributed by atoms with E-state index in [1.54, 1.807) is 0 Å². The van der Waals surface area contributed by atoms with Crippen molar-refractivity contribution in [2.24, 2.45) is 16.3 Å². The van der Waals surface area contributed by atoms with E-state index in [0.29, 0.717) is 5.41 Å². The quantitative estimate of drug-likeness (QED) is 0.447. The van der Waals surface area contributed by atoms with Gasteiger partial charge in [0.2, 0.25) is 0 Å². The Balaban J connectivity index is 0.00000180. The van der Waals surface area contributed by atoms with Gasteiger partial charge in [-0.1, -0.05) is 13.8 Å². The molecule has 1 heterocycles. The number of aliphatic imine (C=N–C) groups is 1. The fourth-order valence-electron chi connectivity index (χ4n) is 2.61. The molecular weight excluding hydrogens is 353 g/mol. The summed E-state index contributed by atoms with van der Waals surface area (Å²) in [7, 11) is 1.82. The molecule has 0 aromatic carbocycles. The SMILES string of the molecule is CN=C(NCC1CC1(C)C)NCC1(C)CCCO1.I. The Morgan fingerprint density at radius 3 is 2.47 bits per heavy atom. The molecule has 0 amide bonds. The van der Waals surface area contributed by atoms with Gasteiger partial charge in [-0.15, -0.1) is 24.0 Å². The van der Waals surface area contributed by atoms with Gasteiger partial charge in [0.05, 0.1) is 5.60 Å². The summed E-state index contributed by atoms with van der Waals surface area (Å²) >= 11 is 0. The molecule has 5 heteroatoms. The standard InChI is InChI=1S/C14H27N3O.HI/c1-13(2)8-11(13)9-16-12(15-4)17-10-14(3)6-5-7-18-14;/h11H,5-10H2,1-4H3,(H2,15,16,17);1H. The van der Waals surface area contributed by atoms with E-state index in [1.807, 2.05) is 7.05 Å². The van der Waals surface area contributed by atoms with E-state index < -0.39 is 0 Å². The van der Waals surface area contributed by atoms with Crippen molar-refractivity contribution >= 4 is 29.9 Å². The highest BCUT2D eigenvalue weighted by Gasteiger charge is 2.45. The topological polar surface area (TPSA) is 45.7 Å². The van der Waals surface area contributed by atoms with Gasteiger partial charge >= 0.3 is 0 Å². The van der Waals surface area contributed by atoms with Crippen LogP contribution >= 0.6 is 24.0 Å². The zero-order valence-corrected chi connectivity index (χ0v) is 14.9. The van der Waals surface area contributed by atoms with Crippen LogP contribution < -0.4 is 10.6 Å². The minimum Gasteiger partial charge on any atom is -0.373 e. The van der Waals surface area contributed by atoms with Crippen molar-refractivity contribution in [3.05, 3.63) is 0 Å². The van der Waals surface area contributed by atoms with Crippen molar-refractivity contribution in [3.8, 4) is 0 Å². The lowest BCUT2D eigenvalue weighted by atomic mass is 10.0. The molecule has 4 nitrogen and oxygen atoms in total. The van der Waals surface area contributed by atoms with E-state index in [-0.39, 0.29) is 29.6 Å². The zero-order valence-electron chi connectivity index (χ0n) is 12.6. The summed E-state index contributed by atoms with van der Waals surface area (Å²) in [6.45, 7) is 9.56. The summed E-state index contributed by atoms with van der Waals surface area (Å²) in [5, 5.41) is 6.79. The van der Waals surface area contributed by atoms with Crippen LogP contribution in [0.25, 0.3) is 0 Å². The maximum absolute atomic E-state index is 5.76. The van der Waals surface area contributed by atoms with Gasteiger partial charge in [0, 0.05) is 26.7 Å². The molecule has 2 aliphatic rings. The lowest BCUT2D eigenvalue weighted by Gasteiger charge is -2.24. The fourth-order valence-corrected chi connectivity index (χ4v) is 2.61. The zero-order chi connectivity index (χ0) is 13.2. The normalized spacial score (nSPS) is 32.6. The Kier molecular flexibility index (Phi) is 5.92. The molecule has 0 aromatic heterocycles. The molecule has 1 aliphatic heterocycles. The number of hydrogen-bond acceptors (Lipinski definition) is 2. The van der Waals surface area contributed by atoms with Gasteiger partial charge in [-0.25, -0.2) is 0 Å². The first-order chi connectivity index (χ1) is 8.45. The van der Waals surface area contributed by atoms with Crippen molar-refractivity contribution in [2.45, 2.75) is 45.6 Å². The average Bonchev–Trinajstić information content (AvgIpc) is 2.73. The van der Waals surface area contributed by atoms with E-state index >= 15 is 0 Å². The summed E-state index contributed by atoms with van der Waals surface area (Å²) in [6, 6.07) is 0. The molecule has 19 heavy (non-hydrogen) atoms. The predicted molar refractivity (Wildman–Crippen MR) is 90.3 cm³/mol. The summed E-state index contributed by atoms with van der Waals surface area (Å²) in [4.78, 5) is 4.27. The van der Waals surface area contributed by atoms with E-state index in [9.17, 15) is 0 Å². The van der Waals surface area contributed by atoms with Gasteiger partial charge in [0.25, 0.3) is 0 Å². The molecule has 112 valence electrons. The van der Waals surface area contributed by atoms with Crippen LogP contribution in [0.2, 0.25) is 0 Å². The molecule has 2 N–H and O–H groups in total. The number of nitrogens with zero attached hydrogens (tertiary/aromatic N) is 1. The van der Waals surface area contributed by atoms with Gasteiger partial charge in [-0.3, -0.25) is 4.99 Å². The Morgan fingerprint density at radius 2 is 2.00 bits per heavy atom. The van der Waals surface area contributed by atoms with Gasteiger partial charge in [0.1, 0.15) is 0 Å². The molecule has 0 radical (unpaired) electrons. The van der Waals surface area contributed by atoms with Crippen molar-refractivity contribution in [3.63, 3.8) is 0 Å². The maximum Gasteiger partial charge on any atom is 0.191 e. The van der Waals surface area contributed by atoms with Crippen LogP contribution in [0.1, 0.15) is 40.0 Å². The second-order valence-corrected chi connectivity index (χ2v) is 6.60. The number of halogens is 1. The van der Waals surface area contributed by atoms with Gasteiger partial charge in [-0.05, 0) is 37.5 Å². The van der Waals surface area contributed by atoms with Crippen LogP contribution in [-0.2, 0) is 4.74 Å². The van der Waals surface area contributed by atoms with Crippen LogP contribution in [0.3, 0.4) is 0 Å². The smallest absolute Gasteiger partial charge is 0.191 e. The van der Waals surface area contributed by atoms with Gasteiger partial charge in [-0.2, -0.15) is 0 Å². The molecule has 2 fully saturated rings. The Bertz CT molecular complexity index is 325. The monoisotopic (exact) mass is 381 g/mol. The van der Waals surface area contributed by atoms with Crippen molar-refractivity contribution in [1.82, 2.24) is 10.6 Å². The number of ether oxygens (including phenoxy) is 1. The highest BCUT2D eigenvalue weighted by Crippen LogP contribution is 2.50. The molecule has 2 atom stereocenters. The minimum absolute atomic E-state index is 0. The Morgan fingerprint density at radius 1 is 1.32 bits per heavy atom. The van der Waals surface area contributed by atoms with Crippen LogP contribution in [0.4, 0.5) is 0 Å². The molecule has 1 aliphatic carbocycles. The van der Waals surface area contributed by atoms with Crippen molar-refractivity contribution in [2.75, 3.05) is 26.7 Å². The molecule has 2 unspecified atom stereocenters. The third kappa shape index (κ3) is 4.77. The molecule has 2 rings (SSSR count). The van der Waals surface area contributed by atoms with E-state index in [1.165, 1.54) is 12.8 Å². The number of nitrogens with one attached hydrogen (secondary N) is 2. The molecular formula is C14H28IN3O. The molecule has 0 spiro atoms. The summed E-state index contributed by atoms with van der Waals surface area (Å²) in [5.41, 5.74) is 0.503. The summed E-state index contributed by atoms with van der Waals surface area (Å²) in [6.07, 6.45) is 3.62. The number of hydrogen-bond donors (Lipinski definition) is 2. The molecule has 0 bridgehead atoms. The van der Waals surface area contributed by atoms with Crippen LogP contribution in [0.15, 0.2) is 4.99 Å². The first-order valence-corrected chi connectivity index (χ1v) is 7.04. The van der Waals surface area contributed by atoms with Crippen molar-refractivity contribution < 1.29 is 4.74 Å². The average molecular weight is 381 g/mol. The molecule has 0 aromatic rings. The second-order valence-electron chi connectivity index (χ2n) is 6.60. The van der Waals surface area contributed by atoms with Gasteiger partial charge in [0.15, 0.2) is 5.96 Å². The minimum atomic E-state index is -0.0174. The largest absolute Gasteiger partial charge is 0.373 e. The lowest BCUT2D eigenvalue weighted by Crippen LogP contribution is -2.46. The number of rotatable bonds is 4. The summed E-state index contributed by atoms with van der Waals surface area (Å²) in [5.74, 6) is 1.68. The highest BCUT2D eigenvalue weighted by molar-refractivity contribution is 14.0. The first kappa shape index (κ1) is 17.0. The lowest BCUT2D eigenvalue weighted by molar-refractivity contribution is 0.0243. The van der Waals surface area contributed by atoms with Crippen LogP contribution in [0.5, 0.6) is 0 Å².